The van der Waals surface area contributed by atoms with Gasteiger partial charge in [-0.25, -0.2) is 4.79 Å². The zero-order chi connectivity index (χ0) is 12.8. The maximum atomic E-state index is 11.4. The lowest BCUT2D eigenvalue weighted by Crippen LogP contribution is -2.26. The monoisotopic (exact) mass is 364 g/mol. The van der Waals surface area contributed by atoms with Crippen LogP contribution < -0.4 is 4.74 Å². The summed E-state index contributed by atoms with van der Waals surface area (Å²) in [6.45, 7) is 3.81. The third-order valence-corrected chi connectivity index (χ3v) is 3.19. The van der Waals surface area contributed by atoms with E-state index in [2.05, 4.69) is 31.9 Å². The fourth-order valence-corrected chi connectivity index (χ4v) is 2.11. The van der Waals surface area contributed by atoms with Crippen molar-refractivity contribution in [1.82, 2.24) is 0 Å². The molecule has 1 atom stereocenters. The first-order valence-electron chi connectivity index (χ1n) is 5.26. The van der Waals surface area contributed by atoms with Crippen LogP contribution in [0.25, 0.3) is 0 Å². The molecule has 0 fully saturated rings. The van der Waals surface area contributed by atoms with Gasteiger partial charge in [-0.15, -0.1) is 0 Å². The van der Waals surface area contributed by atoms with Crippen LogP contribution in [0.5, 0.6) is 5.75 Å². The summed E-state index contributed by atoms with van der Waals surface area (Å²) in [6.07, 6.45) is -0.603. The van der Waals surface area contributed by atoms with Gasteiger partial charge in [-0.1, -0.05) is 31.9 Å². The fourth-order valence-electron chi connectivity index (χ4n) is 1.27. The second kappa shape index (κ2) is 7.01. The van der Waals surface area contributed by atoms with Gasteiger partial charge in [-0.2, -0.15) is 0 Å². The molecule has 0 N–H and O–H groups in total. The van der Waals surface area contributed by atoms with Gasteiger partial charge in [-0.3, -0.25) is 0 Å². The van der Waals surface area contributed by atoms with Gasteiger partial charge in [0.15, 0.2) is 6.10 Å². The molecule has 0 aliphatic carbocycles. The van der Waals surface area contributed by atoms with E-state index in [4.69, 9.17) is 9.47 Å². The third kappa shape index (κ3) is 4.32. The second-order valence-corrected chi connectivity index (χ2v) is 4.87. The average molecular weight is 366 g/mol. The molecule has 3 nitrogen and oxygen atoms in total. The standard InChI is InChI=1S/C12H14Br2O3/c1-3-16-12(15)8(2)17-11-5-4-10(14)6-9(11)7-13/h4-6,8H,3,7H2,1-2H3. The SMILES string of the molecule is CCOC(=O)C(C)Oc1ccc(Br)cc1CBr. The smallest absolute Gasteiger partial charge is 0.347 e. The van der Waals surface area contributed by atoms with Crippen molar-refractivity contribution in [2.45, 2.75) is 25.3 Å². The number of rotatable bonds is 5. The van der Waals surface area contributed by atoms with Gasteiger partial charge in [0.1, 0.15) is 5.75 Å². The van der Waals surface area contributed by atoms with Crippen molar-refractivity contribution in [3.8, 4) is 5.75 Å². The molecule has 0 aromatic heterocycles. The number of alkyl halides is 1. The molecule has 0 spiro atoms. The molecule has 0 bridgehead atoms. The Morgan fingerprint density at radius 2 is 2.18 bits per heavy atom. The summed E-state index contributed by atoms with van der Waals surface area (Å²) in [6, 6.07) is 5.65. The minimum Gasteiger partial charge on any atom is -0.479 e. The van der Waals surface area contributed by atoms with E-state index in [-0.39, 0.29) is 5.97 Å². The van der Waals surface area contributed by atoms with Crippen LogP contribution >= 0.6 is 31.9 Å². The molecule has 0 saturated heterocycles. The molecule has 5 heteroatoms. The van der Waals surface area contributed by atoms with Crippen LogP contribution in [0.4, 0.5) is 0 Å². The van der Waals surface area contributed by atoms with Gasteiger partial charge in [0.05, 0.1) is 6.61 Å². The normalized spacial score (nSPS) is 12.0. The predicted octanol–water partition coefficient (Wildman–Crippen LogP) is 3.67. The Hall–Kier alpha value is -0.550. The Morgan fingerprint density at radius 1 is 1.47 bits per heavy atom. The average Bonchev–Trinajstić information content (AvgIpc) is 2.31. The van der Waals surface area contributed by atoms with Crippen molar-refractivity contribution >= 4 is 37.8 Å². The van der Waals surface area contributed by atoms with Crippen LogP contribution in [-0.2, 0) is 14.9 Å². The molecule has 0 aliphatic rings. The summed E-state index contributed by atoms with van der Waals surface area (Å²) in [4.78, 5) is 11.4. The highest BCUT2D eigenvalue weighted by molar-refractivity contribution is 9.10. The number of carbonyl (C=O) groups is 1. The van der Waals surface area contributed by atoms with Gasteiger partial charge in [0.25, 0.3) is 0 Å². The highest BCUT2D eigenvalue weighted by Crippen LogP contribution is 2.26. The van der Waals surface area contributed by atoms with E-state index in [1.165, 1.54) is 0 Å². The van der Waals surface area contributed by atoms with E-state index >= 15 is 0 Å². The Balaban J connectivity index is 2.77. The van der Waals surface area contributed by atoms with Crippen molar-refractivity contribution in [1.29, 1.82) is 0 Å². The lowest BCUT2D eigenvalue weighted by atomic mass is 10.2. The number of halogens is 2. The van der Waals surface area contributed by atoms with Crippen molar-refractivity contribution in [3.63, 3.8) is 0 Å². The molecular weight excluding hydrogens is 352 g/mol. The van der Waals surface area contributed by atoms with Crippen LogP contribution in [-0.4, -0.2) is 18.7 Å². The first-order chi connectivity index (χ1) is 8.08. The Bertz CT molecular complexity index is 393. The summed E-state index contributed by atoms with van der Waals surface area (Å²) < 4.78 is 11.4. The topological polar surface area (TPSA) is 35.5 Å². The molecule has 0 amide bonds. The minimum atomic E-state index is -0.603. The number of carbonyl (C=O) groups excluding carboxylic acids is 1. The number of esters is 1. The van der Waals surface area contributed by atoms with Crippen LogP contribution in [0.3, 0.4) is 0 Å². The summed E-state index contributed by atoms with van der Waals surface area (Å²) in [5.74, 6) is 0.335. The van der Waals surface area contributed by atoms with E-state index in [1.54, 1.807) is 13.8 Å². The molecule has 1 aromatic carbocycles. The first-order valence-corrected chi connectivity index (χ1v) is 7.17. The fraction of sp³-hybridized carbons (Fsp3) is 0.417. The van der Waals surface area contributed by atoms with Gasteiger partial charge in [-0.05, 0) is 32.0 Å². The van der Waals surface area contributed by atoms with Gasteiger partial charge >= 0.3 is 5.97 Å². The summed E-state index contributed by atoms with van der Waals surface area (Å²) in [5.41, 5.74) is 0.982. The number of benzene rings is 1. The summed E-state index contributed by atoms with van der Waals surface area (Å²) in [7, 11) is 0. The zero-order valence-corrected chi connectivity index (χ0v) is 12.9. The van der Waals surface area contributed by atoms with E-state index in [0.29, 0.717) is 17.7 Å². The van der Waals surface area contributed by atoms with Crippen LogP contribution in [0, 0.1) is 0 Å². The summed E-state index contributed by atoms with van der Waals surface area (Å²) in [5, 5.41) is 0.664. The van der Waals surface area contributed by atoms with Gasteiger partial charge < -0.3 is 9.47 Å². The van der Waals surface area contributed by atoms with Crippen molar-refractivity contribution < 1.29 is 14.3 Å². The summed E-state index contributed by atoms with van der Waals surface area (Å²) >= 11 is 6.77. The van der Waals surface area contributed by atoms with E-state index in [0.717, 1.165) is 10.0 Å². The van der Waals surface area contributed by atoms with Crippen LogP contribution in [0.15, 0.2) is 22.7 Å². The number of hydrogen-bond donors (Lipinski definition) is 0. The Labute approximate surface area is 118 Å². The maximum Gasteiger partial charge on any atom is 0.347 e. The highest BCUT2D eigenvalue weighted by atomic mass is 79.9. The quantitative estimate of drug-likeness (QED) is 0.589. The number of hydrogen-bond acceptors (Lipinski definition) is 3. The molecule has 17 heavy (non-hydrogen) atoms. The van der Waals surface area contributed by atoms with E-state index in [1.807, 2.05) is 18.2 Å². The van der Waals surface area contributed by atoms with Gasteiger partial charge in [0, 0.05) is 15.4 Å². The predicted molar refractivity (Wildman–Crippen MR) is 73.5 cm³/mol. The van der Waals surface area contributed by atoms with Crippen molar-refractivity contribution in [3.05, 3.63) is 28.2 Å². The zero-order valence-electron chi connectivity index (χ0n) is 9.70. The van der Waals surface area contributed by atoms with E-state index in [9.17, 15) is 4.79 Å². The van der Waals surface area contributed by atoms with Crippen LogP contribution in [0.2, 0.25) is 0 Å². The lowest BCUT2D eigenvalue weighted by Gasteiger charge is -2.15. The van der Waals surface area contributed by atoms with Crippen molar-refractivity contribution in [2.75, 3.05) is 6.61 Å². The molecule has 94 valence electrons. The molecular formula is C12H14Br2O3. The lowest BCUT2D eigenvalue weighted by molar-refractivity contribution is -0.150. The molecule has 0 saturated carbocycles. The number of ether oxygens (including phenoxy) is 2. The molecule has 1 rings (SSSR count). The Kier molecular flexibility index (Phi) is 5.98. The molecule has 0 heterocycles. The van der Waals surface area contributed by atoms with E-state index < -0.39 is 6.10 Å². The van der Waals surface area contributed by atoms with Crippen molar-refractivity contribution in [2.24, 2.45) is 0 Å². The largest absolute Gasteiger partial charge is 0.479 e. The molecule has 0 radical (unpaired) electrons. The molecule has 0 aliphatic heterocycles. The molecule has 1 unspecified atom stereocenters. The van der Waals surface area contributed by atoms with Gasteiger partial charge in [0.2, 0.25) is 0 Å². The maximum absolute atomic E-state index is 11.4. The first kappa shape index (κ1) is 14.5. The minimum absolute atomic E-state index is 0.351. The molecule has 1 aromatic rings. The van der Waals surface area contributed by atoms with Crippen LogP contribution in [0.1, 0.15) is 19.4 Å². The Morgan fingerprint density at radius 3 is 2.76 bits per heavy atom. The highest BCUT2D eigenvalue weighted by Gasteiger charge is 2.17. The second-order valence-electron chi connectivity index (χ2n) is 3.40. The third-order valence-electron chi connectivity index (χ3n) is 2.09.